The summed E-state index contributed by atoms with van der Waals surface area (Å²) in [6, 6.07) is 9.95. The smallest absolute Gasteiger partial charge is 0.211 e. The molecule has 6 heteroatoms. The van der Waals surface area contributed by atoms with Crippen molar-refractivity contribution >= 4 is 10.0 Å². The molecule has 1 aliphatic rings. The number of benzene rings is 1. The molecule has 0 unspecified atom stereocenters. The van der Waals surface area contributed by atoms with Crippen molar-refractivity contribution in [3.63, 3.8) is 0 Å². The largest absolute Gasteiger partial charge is 0.310 e. The molecule has 0 bridgehead atoms. The summed E-state index contributed by atoms with van der Waals surface area (Å²) in [5.74, 6) is 0. The number of hydrogen-bond acceptors (Lipinski definition) is 4. The van der Waals surface area contributed by atoms with Crippen LogP contribution < -0.4 is 5.32 Å². The van der Waals surface area contributed by atoms with Gasteiger partial charge >= 0.3 is 0 Å². The molecule has 1 fully saturated rings. The fraction of sp³-hybridized carbons (Fsp3) is 0.500. The second-order valence-corrected chi connectivity index (χ2v) is 7.11. The molecule has 5 nitrogen and oxygen atoms in total. The van der Waals surface area contributed by atoms with Gasteiger partial charge in [0.1, 0.15) is 0 Å². The summed E-state index contributed by atoms with van der Waals surface area (Å²) in [5, 5.41) is 12.2. The zero-order valence-corrected chi connectivity index (χ0v) is 12.4. The SMILES string of the molecule is CS(=O)(=O)N1CCC(NCc2ccc(C#N)cc2)CC1. The van der Waals surface area contributed by atoms with Crippen molar-refractivity contribution in [2.75, 3.05) is 19.3 Å². The highest BCUT2D eigenvalue weighted by atomic mass is 32.2. The molecule has 0 spiro atoms. The van der Waals surface area contributed by atoms with Gasteiger partial charge in [0.15, 0.2) is 0 Å². The van der Waals surface area contributed by atoms with Crippen LogP contribution in [0.15, 0.2) is 24.3 Å². The summed E-state index contributed by atoms with van der Waals surface area (Å²) in [6.07, 6.45) is 2.93. The Labute approximate surface area is 120 Å². The minimum Gasteiger partial charge on any atom is -0.310 e. The van der Waals surface area contributed by atoms with E-state index >= 15 is 0 Å². The predicted octanol–water partition coefficient (Wildman–Crippen LogP) is 1.07. The van der Waals surface area contributed by atoms with E-state index in [9.17, 15) is 8.42 Å². The molecule has 0 radical (unpaired) electrons. The molecule has 1 aromatic rings. The molecule has 0 amide bonds. The van der Waals surface area contributed by atoms with Crippen LogP contribution in [0.4, 0.5) is 0 Å². The van der Waals surface area contributed by atoms with Crippen LogP contribution in [0.5, 0.6) is 0 Å². The Hall–Kier alpha value is -1.42. The second kappa shape index (κ2) is 6.35. The molecule has 1 heterocycles. The van der Waals surface area contributed by atoms with Gasteiger partial charge in [-0.1, -0.05) is 12.1 Å². The average molecular weight is 293 g/mol. The molecule has 0 atom stereocenters. The summed E-state index contributed by atoms with van der Waals surface area (Å²) < 4.78 is 24.4. The van der Waals surface area contributed by atoms with Crippen LogP contribution in [-0.2, 0) is 16.6 Å². The van der Waals surface area contributed by atoms with Crippen LogP contribution in [0.25, 0.3) is 0 Å². The number of nitrogens with one attached hydrogen (secondary N) is 1. The van der Waals surface area contributed by atoms with E-state index < -0.39 is 10.0 Å². The summed E-state index contributed by atoms with van der Waals surface area (Å²) in [4.78, 5) is 0. The summed E-state index contributed by atoms with van der Waals surface area (Å²) >= 11 is 0. The Bertz CT molecular complexity index is 582. The molecule has 108 valence electrons. The van der Waals surface area contributed by atoms with E-state index in [0.717, 1.165) is 24.9 Å². The van der Waals surface area contributed by atoms with Crippen LogP contribution in [0.1, 0.15) is 24.0 Å². The van der Waals surface area contributed by atoms with Crippen molar-refractivity contribution in [3.8, 4) is 6.07 Å². The van der Waals surface area contributed by atoms with Gasteiger partial charge in [0.25, 0.3) is 0 Å². The second-order valence-electron chi connectivity index (χ2n) is 5.13. The number of sulfonamides is 1. The summed E-state index contributed by atoms with van der Waals surface area (Å²) in [7, 11) is -3.05. The van der Waals surface area contributed by atoms with Crippen LogP contribution in [0, 0.1) is 11.3 Å². The lowest BCUT2D eigenvalue weighted by molar-refractivity contribution is 0.290. The molecule has 0 aromatic heterocycles. The van der Waals surface area contributed by atoms with Crippen molar-refractivity contribution in [2.24, 2.45) is 0 Å². The maximum atomic E-state index is 11.4. The van der Waals surface area contributed by atoms with Gasteiger partial charge in [0.05, 0.1) is 17.9 Å². The molecule has 1 aromatic carbocycles. The maximum Gasteiger partial charge on any atom is 0.211 e. The molecule has 1 aliphatic heterocycles. The molecule has 0 aliphatic carbocycles. The normalized spacial score (nSPS) is 17.8. The molecular weight excluding hydrogens is 274 g/mol. The lowest BCUT2D eigenvalue weighted by atomic mass is 10.1. The van der Waals surface area contributed by atoms with Crippen molar-refractivity contribution in [3.05, 3.63) is 35.4 Å². The topological polar surface area (TPSA) is 73.2 Å². The number of rotatable bonds is 4. The fourth-order valence-electron chi connectivity index (χ4n) is 2.35. The van der Waals surface area contributed by atoms with Gasteiger partial charge in [0.2, 0.25) is 10.0 Å². The third-order valence-corrected chi connectivity index (χ3v) is 4.90. The number of nitriles is 1. The molecule has 1 N–H and O–H groups in total. The van der Waals surface area contributed by atoms with Crippen LogP contribution in [-0.4, -0.2) is 38.1 Å². The Balaban J connectivity index is 1.80. The lowest BCUT2D eigenvalue weighted by Gasteiger charge is -2.30. The third kappa shape index (κ3) is 4.04. The highest BCUT2D eigenvalue weighted by molar-refractivity contribution is 7.88. The Kier molecular flexibility index (Phi) is 4.76. The monoisotopic (exact) mass is 293 g/mol. The van der Waals surface area contributed by atoms with E-state index in [4.69, 9.17) is 5.26 Å². The van der Waals surface area contributed by atoms with Gasteiger partial charge in [-0.25, -0.2) is 12.7 Å². The number of piperidine rings is 1. The third-order valence-electron chi connectivity index (χ3n) is 3.60. The van der Waals surface area contributed by atoms with Crippen LogP contribution in [0.2, 0.25) is 0 Å². The first-order valence-electron chi connectivity index (χ1n) is 6.66. The minimum absolute atomic E-state index is 0.351. The molecule has 0 saturated carbocycles. The van der Waals surface area contributed by atoms with Gasteiger partial charge in [-0.2, -0.15) is 5.26 Å². The summed E-state index contributed by atoms with van der Waals surface area (Å²) in [6.45, 7) is 1.92. The van der Waals surface area contributed by atoms with Crippen molar-refractivity contribution < 1.29 is 8.42 Å². The first-order chi connectivity index (χ1) is 9.49. The van der Waals surface area contributed by atoms with E-state index in [0.29, 0.717) is 24.7 Å². The maximum absolute atomic E-state index is 11.4. The zero-order valence-electron chi connectivity index (χ0n) is 11.5. The first kappa shape index (κ1) is 15.0. The Morgan fingerprint density at radius 3 is 2.40 bits per heavy atom. The van der Waals surface area contributed by atoms with Gasteiger partial charge in [0, 0.05) is 25.7 Å². The van der Waals surface area contributed by atoms with Crippen LogP contribution in [0.3, 0.4) is 0 Å². The molecular formula is C14H19N3O2S. The zero-order chi connectivity index (χ0) is 14.6. The minimum atomic E-state index is -3.05. The van der Waals surface area contributed by atoms with Gasteiger partial charge < -0.3 is 5.32 Å². The van der Waals surface area contributed by atoms with Crippen molar-refractivity contribution in [1.82, 2.24) is 9.62 Å². The number of nitrogens with zero attached hydrogens (tertiary/aromatic N) is 2. The highest BCUT2D eigenvalue weighted by Crippen LogP contribution is 2.14. The van der Waals surface area contributed by atoms with E-state index in [2.05, 4.69) is 11.4 Å². The fourth-order valence-corrected chi connectivity index (χ4v) is 3.22. The summed E-state index contributed by atoms with van der Waals surface area (Å²) in [5.41, 5.74) is 1.80. The quantitative estimate of drug-likeness (QED) is 0.901. The van der Waals surface area contributed by atoms with Gasteiger partial charge in [-0.3, -0.25) is 0 Å². The standard InChI is InChI=1S/C14H19N3O2S/c1-20(18,19)17-8-6-14(7-9-17)16-11-13-4-2-12(10-15)3-5-13/h2-5,14,16H,6-9,11H2,1H3. The van der Waals surface area contributed by atoms with E-state index in [1.54, 1.807) is 0 Å². The lowest BCUT2D eigenvalue weighted by Crippen LogP contribution is -2.44. The molecule has 2 rings (SSSR count). The first-order valence-corrected chi connectivity index (χ1v) is 8.51. The van der Waals surface area contributed by atoms with E-state index in [1.165, 1.54) is 10.6 Å². The Morgan fingerprint density at radius 2 is 1.90 bits per heavy atom. The van der Waals surface area contributed by atoms with E-state index in [-0.39, 0.29) is 0 Å². The highest BCUT2D eigenvalue weighted by Gasteiger charge is 2.24. The Morgan fingerprint density at radius 1 is 1.30 bits per heavy atom. The van der Waals surface area contributed by atoms with Gasteiger partial charge in [-0.15, -0.1) is 0 Å². The molecule has 1 saturated heterocycles. The average Bonchev–Trinajstić information content (AvgIpc) is 2.45. The van der Waals surface area contributed by atoms with Crippen LogP contribution >= 0.6 is 0 Å². The number of hydrogen-bond donors (Lipinski definition) is 1. The van der Waals surface area contributed by atoms with Crippen molar-refractivity contribution in [2.45, 2.75) is 25.4 Å². The van der Waals surface area contributed by atoms with E-state index in [1.807, 2.05) is 24.3 Å². The molecule has 20 heavy (non-hydrogen) atoms. The predicted molar refractivity (Wildman–Crippen MR) is 77.4 cm³/mol. The van der Waals surface area contributed by atoms with Gasteiger partial charge in [-0.05, 0) is 30.5 Å². The van der Waals surface area contributed by atoms with Crippen molar-refractivity contribution in [1.29, 1.82) is 5.26 Å².